The van der Waals surface area contributed by atoms with E-state index in [9.17, 15) is 18.4 Å². The standard InChI is InChI=1S/C25H24ClF2N5O4/c26-17-3-1-15(2-4-17)11-30-23(34)21-10-22(20(13-29-21)16-12-31-33(14-16)24(27)28)37-19-5-7-32-18(9-19)6-8-36-25(32)35/h1-4,10,12-14,18-19,24H,5-9,11H2,(H,30,34)/t18-,19+/m1/s1. The minimum absolute atomic E-state index is 0.00554. The Balaban J connectivity index is 1.37. The van der Waals surface area contributed by atoms with E-state index in [-0.39, 0.29) is 30.5 Å². The number of alkyl halides is 2. The molecule has 2 atom stereocenters. The highest BCUT2D eigenvalue weighted by molar-refractivity contribution is 6.30. The van der Waals surface area contributed by atoms with E-state index in [1.807, 2.05) is 12.1 Å². The first-order chi connectivity index (χ1) is 17.9. The van der Waals surface area contributed by atoms with Crippen molar-refractivity contribution in [3.05, 3.63) is 65.2 Å². The van der Waals surface area contributed by atoms with Crippen LogP contribution < -0.4 is 10.1 Å². The number of aromatic nitrogens is 3. The number of hydrogen-bond donors (Lipinski definition) is 1. The number of pyridine rings is 1. The molecule has 2 aliphatic heterocycles. The number of fused-ring (bicyclic) bond motifs is 1. The second-order valence-corrected chi connectivity index (χ2v) is 9.31. The largest absolute Gasteiger partial charge is 0.489 e. The summed E-state index contributed by atoms with van der Waals surface area (Å²) in [6.45, 7) is -1.68. The van der Waals surface area contributed by atoms with Gasteiger partial charge in [0.2, 0.25) is 0 Å². The van der Waals surface area contributed by atoms with Crippen LogP contribution in [0.2, 0.25) is 5.02 Å². The van der Waals surface area contributed by atoms with Gasteiger partial charge in [-0.1, -0.05) is 23.7 Å². The number of halogens is 3. The molecule has 2 aliphatic rings. The van der Waals surface area contributed by atoms with Gasteiger partial charge in [-0.2, -0.15) is 13.9 Å². The molecule has 0 unspecified atom stereocenters. The minimum Gasteiger partial charge on any atom is -0.489 e. The van der Waals surface area contributed by atoms with E-state index in [1.165, 1.54) is 24.7 Å². The van der Waals surface area contributed by atoms with Crippen LogP contribution >= 0.6 is 11.6 Å². The Morgan fingerprint density at radius 1 is 1.24 bits per heavy atom. The summed E-state index contributed by atoms with van der Waals surface area (Å²) in [5.41, 5.74) is 1.80. The van der Waals surface area contributed by atoms with Crippen LogP contribution in [0.3, 0.4) is 0 Å². The third-order valence-electron chi connectivity index (χ3n) is 6.45. The lowest BCUT2D eigenvalue weighted by Crippen LogP contribution is -2.52. The first kappa shape index (κ1) is 24.9. The molecule has 0 radical (unpaired) electrons. The number of nitrogens with zero attached hydrogens (tertiary/aromatic N) is 4. The van der Waals surface area contributed by atoms with E-state index in [0.717, 1.165) is 5.56 Å². The van der Waals surface area contributed by atoms with E-state index in [2.05, 4.69) is 15.4 Å². The summed E-state index contributed by atoms with van der Waals surface area (Å²) in [4.78, 5) is 30.9. The number of nitrogens with one attached hydrogen (secondary N) is 1. The lowest BCUT2D eigenvalue weighted by molar-refractivity contribution is 0.000989. The monoisotopic (exact) mass is 531 g/mol. The predicted molar refractivity (Wildman–Crippen MR) is 129 cm³/mol. The maximum atomic E-state index is 13.1. The molecule has 2 aromatic heterocycles. The number of ether oxygens (including phenoxy) is 2. The van der Waals surface area contributed by atoms with Crippen molar-refractivity contribution < 1.29 is 27.8 Å². The zero-order valence-electron chi connectivity index (χ0n) is 19.6. The third kappa shape index (κ3) is 5.66. The molecule has 0 saturated carbocycles. The van der Waals surface area contributed by atoms with Crippen LogP contribution in [0.15, 0.2) is 48.9 Å². The summed E-state index contributed by atoms with van der Waals surface area (Å²) in [6, 6.07) is 8.59. The van der Waals surface area contributed by atoms with Crippen LogP contribution in [0.1, 0.15) is 41.9 Å². The van der Waals surface area contributed by atoms with Gasteiger partial charge in [0.1, 0.15) is 17.5 Å². The average Bonchev–Trinajstić information content (AvgIpc) is 3.39. The topological polar surface area (TPSA) is 98.6 Å². The fourth-order valence-electron chi connectivity index (χ4n) is 4.51. The van der Waals surface area contributed by atoms with Gasteiger partial charge in [0.25, 0.3) is 5.91 Å². The molecule has 1 aromatic carbocycles. The number of hydrogen-bond acceptors (Lipinski definition) is 6. The molecular formula is C25H24ClF2N5O4. The molecule has 4 heterocycles. The maximum absolute atomic E-state index is 13.1. The molecule has 2 saturated heterocycles. The normalized spacial score (nSPS) is 19.4. The second-order valence-electron chi connectivity index (χ2n) is 8.88. The van der Waals surface area contributed by atoms with E-state index < -0.39 is 12.5 Å². The number of amides is 2. The van der Waals surface area contributed by atoms with Crippen molar-refractivity contribution >= 4 is 23.6 Å². The van der Waals surface area contributed by atoms with E-state index >= 15 is 0 Å². The number of cyclic esters (lactones) is 1. The van der Waals surface area contributed by atoms with Gasteiger partial charge in [-0.3, -0.25) is 9.78 Å². The molecule has 1 N–H and O–H groups in total. The average molecular weight is 532 g/mol. The molecule has 2 amide bonds. The molecule has 37 heavy (non-hydrogen) atoms. The first-order valence-corrected chi connectivity index (χ1v) is 12.2. The minimum atomic E-state index is -2.79. The summed E-state index contributed by atoms with van der Waals surface area (Å²) >= 11 is 5.91. The molecule has 2 fully saturated rings. The van der Waals surface area contributed by atoms with Crippen LogP contribution in [0.4, 0.5) is 13.6 Å². The van der Waals surface area contributed by atoms with Crippen molar-refractivity contribution in [1.29, 1.82) is 0 Å². The zero-order valence-corrected chi connectivity index (χ0v) is 20.4. The van der Waals surface area contributed by atoms with Gasteiger partial charge in [-0.05, 0) is 17.7 Å². The zero-order chi connectivity index (χ0) is 25.9. The smallest absolute Gasteiger partial charge is 0.410 e. The summed E-state index contributed by atoms with van der Waals surface area (Å²) in [7, 11) is 0. The number of carbonyl (C=O) groups is 2. The summed E-state index contributed by atoms with van der Waals surface area (Å²) < 4.78 is 38.2. The fourth-order valence-corrected chi connectivity index (χ4v) is 4.64. The van der Waals surface area contributed by atoms with Gasteiger partial charge in [-0.15, -0.1) is 0 Å². The summed E-state index contributed by atoms with van der Waals surface area (Å²) in [5, 5.41) is 7.12. The highest BCUT2D eigenvalue weighted by Gasteiger charge is 2.36. The lowest BCUT2D eigenvalue weighted by atomic mass is 9.96. The number of rotatable bonds is 7. The molecule has 12 heteroatoms. The van der Waals surface area contributed by atoms with Crippen molar-refractivity contribution in [1.82, 2.24) is 25.0 Å². The highest BCUT2D eigenvalue weighted by atomic mass is 35.5. The van der Waals surface area contributed by atoms with E-state index in [0.29, 0.717) is 59.0 Å². The Kier molecular flexibility index (Phi) is 7.22. The molecule has 0 spiro atoms. The molecule has 0 bridgehead atoms. The second kappa shape index (κ2) is 10.7. The van der Waals surface area contributed by atoms with Gasteiger partial charge < -0.3 is 19.7 Å². The van der Waals surface area contributed by atoms with Gasteiger partial charge in [0, 0.05) is 73.0 Å². The molecule has 0 aliphatic carbocycles. The van der Waals surface area contributed by atoms with Crippen LogP contribution in [-0.4, -0.2) is 57.0 Å². The van der Waals surface area contributed by atoms with Gasteiger partial charge in [0.15, 0.2) is 0 Å². The number of piperidine rings is 1. The molecule has 194 valence electrons. The molecule has 3 aromatic rings. The number of carbonyl (C=O) groups excluding carboxylic acids is 2. The third-order valence-corrected chi connectivity index (χ3v) is 6.70. The van der Waals surface area contributed by atoms with Gasteiger partial charge >= 0.3 is 12.6 Å². The van der Waals surface area contributed by atoms with Crippen LogP contribution in [-0.2, 0) is 11.3 Å². The van der Waals surface area contributed by atoms with E-state index in [4.69, 9.17) is 21.1 Å². The fraction of sp³-hybridized carbons (Fsp3) is 0.360. The summed E-state index contributed by atoms with van der Waals surface area (Å²) in [5.74, 6) is -0.0863. The molecular weight excluding hydrogens is 508 g/mol. The van der Waals surface area contributed by atoms with Crippen molar-refractivity contribution in [3.8, 4) is 16.9 Å². The lowest BCUT2D eigenvalue weighted by Gasteiger charge is -2.41. The van der Waals surface area contributed by atoms with Gasteiger partial charge in [-0.25, -0.2) is 9.48 Å². The molecule has 5 rings (SSSR count). The Labute approximate surface area is 216 Å². The first-order valence-electron chi connectivity index (χ1n) is 11.8. The van der Waals surface area contributed by atoms with Crippen molar-refractivity contribution in [2.75, 3.05) is 13.2 Å². The summed E-state index contributed by atoms with van der Waals surface area (Å²) in [6.07, 6.45) is 5.21. The quantitative estimate of drug-likeness (QED) is 0.475. The highest BCUT2D eigenvalue weighted by Crippen LogP contribution is 2.34. The van der Waals surface area contributed by atoms with Crippen LogP contribution in [0.5, 0.6) is 5.75 Å². The SMILES string of the molecule is O=C(NCc1ccc(Cl)cc1)c1cc(O[C@H]2CCN3C(=O)OCC[C@@H]3C2)c(-c2cnn(C(F)F)c2)cn1. The number of benzene rings is 1. The predicted octanol–water partition coefficient (Wildman–Crippen LogP) is 4.68. The molecule has 9 nitrogen and oxygen atoms in total. The van der Waals surface area contributed by atoms with Crippen molar-refractivity contribution in [2.24, 2.45) is 0 Å². The Bertz CT molecular complexity index is 1290. The van der Waals surface area contributed by atoms with Gasteiger partial charge in [0.05, 0.1) is 12.8 Å². The Hall–Kier alpha value is -3.73. The van der Waals surface area contributed by atoms with Crippen molar-refractivity contribution in [2.45, 2.75) is 44.5 Å². The van der Waals surface area contributed by atoms with E-state index in [1.54, 1.807) is 17.0 Å². The van der Waals surface area contributed by atoms with Crippen LogP contribution in [0, 0.1) is 0 Å². The van der Waals surface area contributed by atoms with Crippen LogP contribution in [0.25, 0.3) is 11.1 Å². The maximum Gasteiger partial charge on any atom is 0.410 e. The Morgan fingerprint density at radius 2 is 2.05 bits per heavy atom. The Morgan fingerprint density at radius 3 is 2.81 bits per heavy atom. The van der Waals surface area contributed by atoms with Crippen molar-refractivity contribution in [3.63, 3.8) is 0 Å².